The lowest BCUT2D eigenvalue weighted by Crippen LogP contribution is -2.17. The summed E-state index contributed by atoms with van der Waals surface area (Å²) in [6.45, 7) is 6.16. The van der Waals surface area contributed by atoms with Crippen molar-refractivity contribution in [3.05, 3.63) is 59.7 Å². The van der Waals surface area contributed by atoms with Gasteiger partial charge in [0.05, 0.1) is 0 Å². The van der Waals surface area contributed by atoms with Crippen molar-refractivity contribution in [2.24, 2.45) is 0 Å². The van der Waals surface area contributed by atoms with E-state index in [4.69, 9.17) is 0 Å². The first-order chi connectivity index (χ1) is 9.19. The van der Waals surface area contributed by atoms with Crippen molar-refractivity contribution in [2.45, 2.75) is 39.4 Å². The summed E-state index contributed by atoms with van der Waals surface area (Å²) in [7, 11) is 0. The number of aromatic nitrogens is 1. The van der Waals surface area contributed by atoms with E-state index in [1.165, 1.54) is 17.7 Å². The number of benzene rings is 1. The first-order valence-corrected chi connectivity index (χ1v) is 6.82. The highest BCUT2D eigenvalue weighted by atomic mass is 19.1. The predicted octanol–water partition coefficient (Wildman–Crippen LogP) is 3.89. The molecule has 0 radical (unpaired) electrons. The van der Waals surface area contributed by atoms with Gasteiger partial charge in [0.2, 0.25) is 0 Å². The summed E-state index contributed by atoms with van der Waals surface area (Å²) < 4.78 is 15.1. The highest BCUT2D eigenvalue weighted by Crippen LogP contribution is 2.13. The fourth-order valence-electron chi connectivity index (χ4n) is 2.13. The van der Waals surface area contributed by atoms with Crippen molar-refractivity contribution in [3.8, 4) is 0 Å². The second kappa shape index (κ2) is 6.53. The van der Waals surface area contributed by atoms with E-state index >= 15 is 0 Å². The number of rotatable bonds is 6. The van der Waals surface area contributed by atoms with Gasteiger partial charge in [0, 0.05) is 31.5 Å². The summed E-state index contributed by atoms with van der Waals surface area (Å²) >= 11 is 0. The van der Waals surface area contributed by atoms with Gasteiger partial charge in [-0.3, -0.25) is 0 Å². The summed E-state index contributed by atoms with van der Waals surface area (Å²) in [6.07, 6.45) is 5.44. The Morgan fingerprint density at radius 2 is 1.95 bits per heavy atom. The van der Waals surface area contributed by atoms with Gasteiger partial charge in [0.15, 0.2) is 0 Å². The Labute approximate surface area is 114 Å². The molecule has 0 saturated heterocycles. The summed E-state index contributed by atoms with van der Waals surface area (Å²) in [4.78, 5) is 0. The Balaban J connectivity index is 1.88. The molecule has 2 aromatic rings. The highest BCUT2D eigenvalue weighted by molar-refractivity contribution is 5.19. The molecule has 2 nitrogen and oxygen atoms in total. The maximum Gasteiger partial charge on any atom is 0.123 e. The van der Waals surface area contributed by atoms with Crippen LogP contribution in [0.1, 0.15) is 37.4 Å². The van der Waals surface area contributed by atoms with Crippen LogP contribution < -0.4 is 5.32 Å². The number of hydrogen-bond donors (Lipinski definition) is 1. The summed E-state index contributed by atoms with van der Waals surface area (Å²) in [5, 5.41) is 3.45. The van der Waals surface area contributed by atoms with Crippen molar-refractivity contribution < 1.29 is 4.39 Å². The molecule has 1 heterocycles. The van der Waals surface area contributed by atoms with Crippen molar-refractivity contribution in [1.82, 2.24) is 9.88 Å². The molecule has 0 fully saturated rings. The molecule has 102 valence electrons. The third-order valence-corrected chi connectivity index (χ3v) is 3.28. The zero-order valence-corrected chi connectivity index (χ0v) is 11.6. The first kappa shape index (κ1) is 13.8. The molecule has 1 atom stereocenters. The fourth-order valence-corrected chi connectivity index (χ4v) is 2.13. The summed E-state index contributed by atoms with van der Waals surface area (Å²) in [5.74, 6) is -0.187. The van der Waals surface area contributed by atoms with Gasteiger partial charge in [0.1, 0.15) is 5.82 Å². The van der Waals surface area contributed by atoms with Gasteiger partial charge in [-0.15, -0.1) is 0 Å². The Hall–Kier alpha value is -1.61. The van der Waals surface area contributed by atoms with Gasteiger partial charge in [-0.05, 0) is 42.7 Å². The van der Waals surface area contributed by atoms with Crippen LogP contribution in [0, 0.1) is 5.82 Å². The van der Waals surface area contributed by atoms with Crippen LogP contribution in [0.5, 0.6) is 0 Å². The quantitative estimate of drug-likeness (QED) is 0.834. The topological polar surface area (TPSA) is 17.0 Å². The molecule has 0 aliphatic rings. The van der Waals surface area contributed by atoms with Gasteiger partial charge in [-0.2, -0.15) is 0 Å². The Morgan fingerprint density at radius 1 is 1.21 bits per heavy atom. The molecule has 0 aliphatic carbocycles. The van der Waals surface area contributed by atoms with E-state index in [9.17, 15) is 4.39 Å². The SMILES string of the molecule is CCCn1ccc(CN[C@H](C)c2ccc(F)cc2)c1. The third-order valence-electron chi connectivity index (χ3n) is 3.28. The number of halogens is 1. The smallest absolute Gasteiger partial charge is 0.123 e. The van der Waals surface area contributed by atoms with Crippen LogP contribution in [0.15, 0.2) is 42.7 Å². The fraction of sp³-hybridized carbons (Fsp3) is 0.375. The van der Waals surface area contributed by atoms with E-state index < -0.39 is 0 Å². The third kappa shape index (κ3) is 3.93. The maximum absolute atomic E-state index is 12.9. The Bertz CT molecular complexity index is 502. The van der Waals surface area contributed by atoms with E-state index in [1.54, 1.807) is 0 Å². The molecule has 0 aliphatic heterocycles. The number of aryl methyl sites for hydroxylation is 1. The molecule has 0 unspecified atom stereocenters. The first-order valence-electron chi connectivity index (χ1n) is 6.82. The minimum Gasteiger partial charge on any atom is -0.354 e. The minimum atomic E-state index is -0.187. The van der Waals surface area contributed by atoms with E-state index in [2.05, 4.69) is 42.2 Å². The van der Waals surface area contributed by atoms with Gasteiger partial charge in [0.25, 0.3) is 0 Å². The Kier molecular flexibility index (Phi) is 4.74. The van der Waals surface area contributed by atoms with Crippen molar-refractivity contribution in [3.63, 3.8) is 0 Å². The average Bonchev–Trinajstić information content (AvgIpc) is 2.85. The summed E-state index contributed by atoms with van der Waals surface area (Å²) in [5.41, 5.74) is 2.39. The second-order valence-electron chi connectivity index (χ2n) is 4.91. The van der Waals surface area contributed by atoms with Crippen LogP contribution in [0.4, 0.5) is 4.39 Å². The zero-order valence-electron chi connectivity index (χ0n) is 11.6. The predicted molar refractivity (Wildman–Crippen MR) is 76.4 cm³/mol. The average molecular weight is 260 g/mol. The van der Waals surface area contributed by atoms with E-state index in [1.807, 2.05) is 12.1 Å². The number of hydrogen-bond acceptors (Lipinski definition) is 1. The van der Waals surface area contributed by atoms with E-state index in [-0.39, 0.29) is 11.9 Å². The van der Waals surface area contributed by atoms with E-state index in [0.29, 0.717) is 0 Å². The normalized spacial score (nSPS) is 12.6. The number of nitrogens with zero attached hydrogens (tertiary/aromatic N) is 1. The van der Waals surface area contributed by atoms with Crippen molar-refractivity contribution in [2.75, 3.05) is 0 Å². The second-order valence-corrected chi connectivity index (χ2v) is 4.91. The van der Waals surface area contributed by atoms with Crippen LogP contribution in [0.2, 0.25) is 0 Å². The van der Waals surface area contributed by atoms with Gasteiger partial charge in [-0.25, -0.2) is 4.39 Å². The van der Waals surface area contributed by atoms with E-state index in [0.717, 1.165) is 25.1 Å². The van der Waals surface area contributed by atoms with Crippen LogP contribution in [0.3, 0.4) is 0 Å². The molecule has 0 bridgehead atoms. The van der Waals surface area contributed by atoms with Crippen molar-refractivity contribution >= 4 is 0 Å². The maximum atomic E-state index is 12.9. The largest absolute Gasteiger partial charge is 0.354 e. The monoisotopic (exact) mass is 260 g/mol. The molecular formula is C16H21FN2. The molecule has 0 saturated carbocycles. The van der Waals surface area contributed by atoms with Gasteiger partial charge >= 0.3 is 0 Å². The lowest BCUT2D eigenvalue weighted by atomic mass is 10.1. The van der Waals surface area contributed by atoms with Gasteiger partial charge < -0.3 is 9.88 Å². The zero-order chi connectivity index (χ0) is 13.7. The highest BCUT2D eigenvalue weighted by Gasteiger charge is 2.05. The van der Waals surface area contributed by atoms with Crippen LogP contribution in [-0.2, 0) is 13.1 Å². The summed E-state index contributed by atoms with van der Waals surface area (Å²) in [6, 6.07) is 9.02. The Morgan fingerprint density at radius 3 is 2.63 bits per heavy atom. The molecule has 1 N–H and O–H groups in total. The minimum absolute atomic E-state index is 0.187. The molecule has 3 heteroatoms. The number of nitrogens with one attached hydrogen (secondary N) is 1. The van der Waals surface area contributed by atoms with Crippen molar-refractivity contribution in [1.29, 1.82) is 0 Å². The van der Waals surface area contributed by atoms with Crippen LogP contribution >= 0.6 is 0 Å². The molecule has 0 spiro atoms. The van der Waals surface area contributed by atoms with Gasteiger partial charge in [-0.1, -0.05) is 19.1 Å². The molecular weight excluding hydrogens is 239 g/mol. The molecule has 1 aromatic carbocycles. The molecule has 2 rings (SSSR count). The lowest BCUT2D eigenvalue weighted by molar-refractivity contribution is 0.570. The standard InChI is InChI=1S/C16H21FN2/c1-3-9-19-10-8-14(12-19)11-18-13(2)15-4-6-16(17)7-5-15/h4-8,10,12-13,18H,3,9,11H2,1-2H3/t13-/m1/s1. The van der Waals surface area contributed by atoms with Crippen LogP contribution in [0.25, 0.3) is 0 Å². The molecule has 19 heavy (non-hydrogen) atoms. The van der Waals surface area contributed by atoms with Crippen LogP contribution in [-0.4, -0.2) is 4.57 Å². The molecule has 0 amide bonds. The molecule has 1 aromatic heterocycles. The lowest BCUT2D eigenvalue weighted by Gasteiger charge is -2.13.